The lowest BCUT2D eigenvalue weighted by molar-refractivity contribution is -0.0813. The smallest absolute Gasteiger partial charge is 0.213 e. The van der Waals surface area contributed by atoms with Crippen LogP contribution in [0.4, 0.5) is 0 Å². The summed E-state index contributed by atoms with van der Waals surface area (Å²) in [6.45, 7) is 3.25. The van der Waals surface area contributed by atoms with Gasteiger partial charge in [-0.3, -0.25) is 0 Å². The quantitative estimate of drug-likeness (QED) is 0.776. The predicted octanol–water partition coefficient (Wildman–Crippen LogP) is 0.879. The molecule has 0 saturated carbocycles. The highest BCUT2D eigenvalue weighted by atomic mass is 16.6. The first-order valence-corrected chi connectivity index (χ1v) is 4.71. The van der Waals surface area contributed by atoms with E-state index in [1.165, 1.54) is 0 Å². The molecule has 1 aromatic rings. The van der Waals surface area contributed by atoms with E-state index in [2.05, 4.69) is 4.98 Å². The largest absolute Gasteiger partial charge is 0.469 e. The number of nitrogens with two attached hydrogens (primary N) is 1. The monoisotopic (exact) mass is 194 g/mol. The van der Waals surface area contributed by atoms with Crippen molar-refractivity contribution in [3.63, 3.8) is 0 Å². The molecule has 0 radical (unpaired) electrons. The highest BCUT2D eigenvalue weighted by Gasteiger charge is 2.20. The van der Waals surface area contributed by atoms with Crippen molar-refractivity contribution in [1.82, 2.24) is 4.98 Å². The number of ether oxygens (including phenoxy) is 2. The molecule has 1 aliphatic rings. The van der Waals surface area contributed by atoms with Gasteiger partial charge in [-0.2, -0.15) is 0 Å². The van der Waals surface area contributed by atoms with E-state index in [1.807, 2.05) is 19.1 Å². The van der Waals surface area contributed by atoms with Crippen LogP contribution >= 0.6 is 0 Å². The SMILES string of the molecule is C[C@@H](N)c1ccnc(OC2COC2)c1. The molecule has 4 nitrogen and oxygen atoms in total. The second-order valence-corrected chi connectivity index (χ2v) is 3.49. The summed E-state index contributed by atoms with van der Waals surface area (Å²) in [6.07, 6.45) is 1.87. The summed E-state index contributed by atoms with van der Waals surface area (Å²) in [5.74, 6) is 0.633. The normalized spacial score (nSPS) is 18.7. The van der Waals surface area contributed by atoms with Gasteiger partial charge in [-0.1, -0.05) is 0 Å². The molecule has 0 aliphatic carbocycles. The van der Waals surface area contributed by atoms with E-state index in [0.717, 1.165) is 5.56 Å². The van der Waals surface area contributed by atoms with Crippen molar-refractivity contribution >= 4 is 0 Å². The zero-order valence-electron chi connectivity index (χ0n) is 8.14. The molecule has 4 heteroatoms. The Morgan fingerprint density at radius 2 is 2.43 bits per heavy atom. The molecule has 1 fully saturated rings. The van der Waals surface area contributed by atoms with Gasteiger partial charge in [-0.05, 0) is 18.6 Å². The standard InChI is InChI=1S/C10H14N2O2/c1-7(11)8-2-3-12-10(4-8)14-9-5-13-6-9/h2-4,7,9H,5-6,11H2,1H3/t7-/m1/s1. The van der Waals surface area contributed by atoms with E-state index < -0.39 is 0 Å². The molecule has 1 aromatic heterocycles. The van der Waals surface area contributed by atoms with Crippen LogP contribution in [0.3, 0.4) is 0 Å². The van der Waals surface area contributed by atoms with Crippen LogP contribution in [0.5, 0.6) is 5.88 Å². The second-order valence-electron chi connectivity index (χ2n) is 3.49. The van der Waals surface area contributed by atoms with Crippen LogP contribution in [0.25, 0.3) is 0 Å². The highest BCUT2D eigenvalue weighted by molar-refractivity contribution is 5.23. The minimum absolute atomic E-state index is 0.0120. The summed E-state index contributed by atoms with van der Waals surface area (Å²) < 4.78 is 10.6. The highest BCUT2D eigenvalue weighted by Crippen LogP contribution is 2.17. The molecule has 1 atom stereocenters. The van der Waals surface area contributed by atoms with Gasteiger partial charge >= 0.3 is 0 Å². The van der Waals surface area contributed by atoms with Crippen molar-refractivity contribution in [2.75, 3.05) is 13.2 Å². The molecule has 14 heavy (non-hydrogen) atoms. The van der Waals surface area contributed by atoms with Gasteiger partial charge in [0.05, 0.1) is 13.2 Å². The molecule has 0 aromatic carbocycles. The lowest BCUT2D eigenvalue weighted by Gasteiger charge is -2.26. The van der Waals surface area contributed by atoms with E-state index in [0.29, 0.717) is 19.1 Å². The van der Waals surface area contributed by atoms with Crippen molar-refractivity contribution in [3.8, 4) is 5.88 Å². The first-order valence-electron chi connectivity index (χ1n) is 4.71. The van der Waals surface area contributed by atoms with Crippen molar-refractivity contribution in [2.45, 2.75) is 19.1 Å². The molecule has 2 heterocycles. The Hall–Kier alpha value is -1.13. The Kier molecular flexibility index (Phi) is 2.65. The zero-order valence-corrected chi connectivity index (χ0v) is 8.14. The minimum Gasteiger partial charge on any atom is -0.469 e. The molecule has 0 unspecified atom stereocenters. The van der Waals surface area contributed by atoms with Crippen LogP contribution in [-0.4, -0.2) is 24.3 Å². The van der Waals surface area contributed by atoms with Gasteiger partial charge in [0.15, 0.2) is 0 Å². The average Bonchev–Trinajstić information content (AvgIpc) is 2.12. The van der Waals surface area contributed by atoms with Crippen LogP contribution < -0.4 is 10.5 Å². The molecule has 0 bridgehead atoms. The third kappa shape index (κ3) is 2.02. The summed E-state index contributed by atoms with van der Waals surface area (Å²) in [5.41, 5.74) is 6.79. The summed E-state index contributed by atoms with van der Waals surface area (Å²) >= 11 is 0. The van der Waals surface area contributed by atoms with E-state index in [1.54, 1.807) is 6.20 Å². The summed E-state index contributed by atoms with van der Waals surface area (Å²) in [7, 11) is 0. The van der Waals surface area contributed by atoms with Crippen LogP contribution in [0, 0.1) is 0 Å². The first-order chi connectivity index (χ1) is 6.75. The van der Waals surface area contributed by atoms with Crippen molar-refractivity contribution in [1.29, 1.82) is 0 Å². The number of nitrogens with zero attached hydrogens (tertiary/aromatic N) is 1. The van der Waals surface area contributed by atoms with Gasteiger partial charge in [-0.15, -0.1) is 0 Å². The van der Waals surface area contributed by atoms with Gasteiger partial charge < -0.3 is 15.2 Å². The van der Waals surface area contributed by atoms with Crippen molar-refractivity contribution < 1.29 is 9.47 Å². The van der Waals surface area contributed by atoms with Crippen LogP contribution in [0.15, 0.2) is 18.3 Å². The van der Waals surface area contributed by atoms with Gasteiger partial charge in [0.25, 0.3) is 0 Å². The zero-order chi connectivity index (χ0) is 9.97. The fourth-order valence-corrected chi connectivity index (χ4v) is 1.23. The molecular weight excluding hydrogens is 180 g/mol. The summed E-state index contributed by atoms with van der Waals surface area (Å²) in [4.78, 5) is 4.11. The lowest BCUT2D eigenvalue weighted by Crippen LogP contribution is -2.38. The second kappa shape index (κ2) is 3.94. The van der Waals surface area contributed by atoms with Crippen LogP contribution in [0.2, 0.25) is 0 Å². The van der Waals surface area contributed by atoms with Gasteiger partial charge in [0, 0.05) is 18.3 Å². The Morgan fingerprint density at radius 1 is 1.64 bits per heavy atom. The Bertz CT molecular complexity index is 311. The number of hydrogen-bond donors (Lipinski definition) is 1. The summed E-state index contributed by atoms with van der Waals surface area (Å²) in [6, 6.07) is 3.79. The van der Waals surface area contributed by atoms with Crippen molar-refractivity contribution in [3.05, 3.63) is 23.9 Å². The molecule has 1 aliphatic heterocycles. The third-order valence-corrected chi connectivity index (χ3v) is 2.18. The Balaban J connectivity index is 2.05. The number of hydrogen-bond acceptors (Lipinski definition) is 4. The predicted molar refractivity (Wildman–Crippen MR) is 52.1 cm³/mol. The van der Waals surface area contributed by atoms with Gasteiger partial charge in [0.2, 0.25) is 5.88 Å². The molecule has 2 rings (SSSR count). The van der Waals surface area contributed by atoms with E-state index in [4.69, 9.17) is 15.2 Å². The summed E-state index contributed by atoms with van der Waals surface area (Å²) in [5, 5.41) is 0. The third-order valence-electron chi connectivity index (χ3n) is 2.18. The lowest BCUT2D eigenvalue weighted by atomic mass is 10.1. The molecule has 1 saturated heterocycles. The Morgan fingerprint density at radius 3 is 3.00 bits per heavy atom. The van der Waals surface area contributed by atoms with Crippen molar-refractivity contribution in [2.24, 2.45) is 5.73 Å². The van der Waals surface area contributed by atoms with Crippen LogP contribution in [-0.2, 0) is 4.74 Å². The topological polar surface area (TPSA) is 57.4 Å². The molecule has 2 N–H and O–H groups in total. The fourth-order valence-electron chi connectivity index (χ4n) is 1.23. The molecular formula is C10H14N2O2. The van der Waals surface area contributed by atoms with Crippen LogP contribution in [0.1, 0.15) is 18.5 Å². The first kappa shape index (κ1) is 9.43. The van der Waals surface area contributed by atoms with Gasteiger partial charge in [0.1, 0.15) is 6.10 Å². The van der Waals surface area contributed by atoms with E-state index in [9.17, 15) is 0 Å². The maximum atomic E-state index is 5.75. The number of rotatable bonds is 3. The maximum absolute atomic E-state index is 5.75. The van der Waals surface area contributed by atoms with E-state index in [-0.39, 0.29) is 12.1 Å². The Labute approximate surface area is 83.0 Å². The number of pyridine rings is 1. The average molecular weight is 194 g/mol. The van der Waals surface area contributed by atoms with E-state index >= 15 is 0 Å². The fraction of sp³-hybridized carbons (Fsp3) is 0.500. The minimum atomic E-state index is 0.0120. The van der Waals surface area contributed by atoms with Gasteiger partial charge in [-0.25, -0.2) is 4.98 Å². The maximum Gasteiger partial charge on any atom is 0.213 e. The molecule has 76 valence electrons. The number of aromatic nitrogens is 1. The molecule has 0 spiro atoms. The molecule has 0 amide bonds.